The number of benzene rings is 2. The molecule has 114 valence electrons. The summed E-state index contributed by atoms with van der Waals surface area (Å²) in [6, 6.07) is 14.7. The number of anilines is 1. The molecule has 2 aromatic rings. The first kappa shape index (κ1) is 16.8. The second kappa shape index (κ2) is 6.43. The number of carboxylic acid groups (broad SMARTS) is 1. The molecule has 0 radical (unpaired) electrons. The van der Waals surface area contributed by atoms with Gasteiger partial charge in [-0.05, 0) is 6.07 Å². The molecular weight excluding hydrogens is 317 g/mol. The molecule has 0 aliphatic carbocycles. The zero-order valence-electron chi connectivity index (χ0n) is 13.0. The Hall–Kier alpha value is -2.08. The average molecular weight is 329 g/mol. The quantitative estimate of drug-likeness (QED) is 0.550. The van der Waals surface area contributed by atoms with Crippen LogP contribution in [0.5, 0.6) is 0 Å². The van der Waals surface area contributed by atoms with Crippen molar-refractivity contribution in [3.63, 3.8) is 0 Å². The van der Waals surface area contributed by atoms with Gasteiger partial charge in [-0.1, -0.05) is 42.5 Å². The summed E-state index contributed by atoms with van der Waals surface area (Å²) in [4.78, 5) is 23.3. The Balaban J connectivity index is 0.00000169. The van der Waals surface area contributed by atoms with Crippen molar-refractivity contribution in [2.45, 2.75) is 12.5 Å². The van der Waals surface area contributed by atoms with E-state index in [2.05, 4.69) is 5.32 Å². The molecule has 24 heavy (non-hydrogen) atoms. The Kier molecular flexibility index (Phi) is 4.49. The van der Waals surface area contributed by atoms with Gasteiger partial charge in [0.2, 0.25) is 0 Å². The Labute approximate surface area is 160 Å². The summed E-state index contributed by atoms with van der Waals surface area (Å²) in [5.41, 5.74) is 3.44. The van der Waals surface area contributed by atoms with Crippen LogP contribution in [0.4, 0.5) is 5.69 Å². The zero-order valence-corrected chi connectivity index (χ0v) is 15.0. The first-order chi connectivity index (χ1) is 11.1. The van der Waals surface area contributed by atoms with E-state index in [1.807, 2.05) is 48.5 Å². The van der Waals surface area contributed by atoms with E-state index in [9.17, 15) is 14.7 Å². The average Bonchev–Trinajstić information content (AvgIpc) is 3.04. The maximum atomic E-state index is 12.4. The van der Waals surface area contributed by atoms with Crippen LogP contribution < -0.4 is 40.0 Å². The van der Waals surface area contributed by atoms with Gasteiger partial charge in [-0.25, -0.2) is 0 Å². The van der Waals surface area contributed by atoms with Crippen LogP contribution in [0.2, 0.25) is 0 Å². The number of amides is 1. The van der Waals surface area contributed by atoms with Gasteiger partial charge in [0.1, 0.15) is 11.9 Å². The number of carboxylic acids is 1. The minimum atomic E-state index is -1.19. The molecule has 6 heteroatoms. The van der Waals surface area contributed by atoms with E-state index in [1.54, 1.807) is 0 Å². The number of carbonyl (C=O) groups is 2. The molecule has 1 amide bonds. The van der Waals surface area contributed by atoms with E-state index in [0.29, 0.717) is 11.3 Å². The summed E-state index contributed by atoms with van der Waals surface area (Å²) in [6.07, 6.45) is -0.892. The van der Waals surface area contributed by atoms with Crippen LogP contribution in [0.15, 0.2) is 48.5 Å². The van der Waals surface area contributed by atoms with Crippen LogP contribution in [0.25, 0.3) is 11.3 Å². The van der Waals surface area contributed by atoms with Crippen molar-refractivity contribution in [2.24, 2.45) is 0 Å². The monoisotopic (exact) mass is 329 g/mol. The molecule has 4 rings (SSSR count). The van der Waals surface area contributed by atoms with E-state index < -0.39 is 12.1 Å². The molecule has 2 aliphatic rings. The Morgan fingerprint density at radius 1 is 1.08 bits per heavy atom. The first-order valence-electron chi connectivity index (χ1n) is 7.26. The van der Waals surface area contributed by atoms with E-state index in [-0.39, 0.29) is 41.9 Å². The number of carbonyl (C=O) groups excluding carboxylic acids is 2. The number of ether oxygens (including phenoxy) is 1. The first-order valence-corrected chi connectivity index (χ1v) is 7.26. The summed E-state index contributed by atoms with van der Waals surface area (Å²) in [6.45, 7) is 0. The van der Waals surface area contributed by atoms with Crippen LogP contribution in [0.1, 0.15) is 29.2 Å². The molecule has 0 saturated carbocycles. The van der Waals surface area contributed by atoms with E-state index in [1.165, 1.54) is 0 Å². The van der Waals surface area contributed by atoms with Gasteiger partial charge in [-0.2, -0.15) is 0 Å². The normalized spacial score (nSPS) is 20.5. The van der Waals surface area contributed by atoms with Gasteiger partial charge in [-0.3, -0.25) is 4.79 Å². The smallest absolute Gasteiger partial charge is 0.550 e. The Morgan fingerprint density at radius 3 is 2.50 bits per heavy atom. The van der Waals surface area contributed by atoms with Crippen molar-refractivity contribution in [2.75, 3.05) is 5.32 Å². The molecule has 0 bridgehead atoms. The van der Waals surface area contributed by atoms with Gasteiger partial charge < -0.3 is 20.0 Å². The maximum Gasteiger partial charge on any atom is 1.00 e. The Bertz CT molecular complexity index is 875. The molecule has 2 aromatic carbocycles. The summed E-state index contributed by atoms with van der Waals surface area (Å²) >= 11 is 0. The van der Waals surface area contributed by atoms with Crippen LogP contribution >= 0.6 is 0 Å². The summed E-state index contributed by atoms with van der Waals surface area (Å²) < 4.78 is 5.85. The topological polar surface area (TPSA) is 78.5 Å². The van der Waals surface area contributed by atoms with Gasteiger partial charge in [0.05, 0.1) is 5.57 Å². The molecule has 5 nitrogen and oxygen atoms in total. The van der Waals surface area contributed by atoms with Crippen molar-refractivity contribution < 1.29 is 49.0 Å². The summed E-state index contributed by atoms with van der Waals surface area (Å²) in [5, 5.41) is 13.8. The second-order valence-electron chi connectivity index (χ2n) is 5.47. The van der Waals surface area contributed by atoms with Crippen LogP contribution in [0.3, 0.4) is 0 Å². The third kappa shape index (κ3) is 2.65. The third-order valence-corrected chi connectivity index (χ3v) is 4.06. The van der Waals surface area contributed by atoms with Gasteiger partial charge in [0, 0.05) is 34.8 Å². The van der Waals surface area contributed by atoms with E-state index in [0.717, 1.165) is 22.4 Å². The minimum Gasteiger partial charge on any atom is -0.550 e. The van der Waals surface area contributed by atoms with Crippen molar-refractivity contribution in [3.05, 3.63) is 65.2 Å². The number of nitrogens with one attached hydrogen (secondary N) is 1. The number of rotatable bonds is 2. The van der Waals surface area contributed by atoms with E-state index >= 15 is 0 Å². The molecule has 2 heterocycles. The number of fused-ring (bicyclic) bond motifs is 2. The predicted octanol–water partition coefficient (Wildman–Crippen LogP) is -1.28. The SMILES string of the molecule is O=C([O-])CC1OC(=C2C(=O)Nc3ccccc32)c2ccccc21.[Na+]. The fourth-order valence-corrected chi connectivity index (χ4v) is 3.09. The summed E-state index contributed by atoms with van der Waals surface area (Å²) in [5.74, 6) is -1.01. The number of aliphatic carboxylic acids is 1. The van der Waals surface area contributed by atoms with Crippen LogP contribution in [-0.2, 0) is 14.3 Å². The third-order valence-electron chi connectivity index (χ3n) is 4.06. The largest absolute Gasteiger partial charge is 1.00 e. The zero-order chi connectivity index (χ0) is 16.0. The Morgan fingerprint density at radius 2 is 1.75 bits per heavy atom. The fraction of sp³-hybridized carbons (Fsp3) is 0.111. The van der Waals surface area contributed by atoms with E-state index in [4.69, 9.17) is 4.74 Å². The number of hydrogen-bond donors (Lipinski definition) is 1. The standard InChI is InChI=1S/C18H13NO4.Na/c20-15(21)9-14-10-5-1-2-6-11(10)17(23-14)16-12-7-3-4-8-13(12)19-18(16)22;/h1-8,14H,9H2,(H,19,22)(H,20,21);/q;+1/p-1. The molecule has 0 aromatic heterocycles. The molecule has 0 saturated heterocycles. The molecule has 0 fully saturated rings. The molecular formula is C18H12NNaO4. The minimum absolute atomic E-state index is 0. The van der Waals surface area contributed by atoms with Crippen molar-refractivity contribution in [1.82, 2.24) is 0 Å². The maximum absolute atomic E-state index is 12.4. The molecule has 1 N–H and O–H groups in total. The molecule has 1 atom stereocenters. The van der Waals surface area contributed by atoms with Crippen molar-refractivity contribution in [3.8, 4) is 0 Å². The molecule has 2 aliphatic heterocycles. The predicted molar refractivity (Wildman–Crippen MR) is 81.8 cm³/mol. The van der Waals surface area contributed by atoms with Gasteiger partial charge >= 0.3 is 29.6 Å². The van der Waals surface area contributed by atoms with Crippen LogP contribution in [0, 0.1) is 0 Å². The van der Waals surface area contributed by atoms with Crippen molar-refractivity contribution in [1.29, 1.82) is 0 Å². The van der Waals surface area contributed by atoms with Crippen LogP contribution in [-0.4, -0.2) is 11.9 Å². The van der Waals surface area contributed by atoms with Gasteiger partial charge in [0.25, 0.3) is 5.91 Å². The van der Waals surface area contributed by atoms with Crippen molar-refractivity contribution >= 4 is 28.9 Å². The van der Waals surface area contributed by atoms with Gasteiger partial charge in [-0.15, -0.1) is 0 Å². The number of para-hydroxylation sites is 1. The summed E-state index contributed by atoms with van der Waals surface area (Å²) in [7, 11) is 0. The van der Waals surface area contributed by atoms with Gasteiger partial charge in [0.15, 0.2) is 0 Å². The number of hydrogen-bond acceptors (Lipinski definition) is 4. The molecule has 1 unspecified atom stereocenters. The second-order valence-corrected chi connectivity index (χ2v) is 5.47. The molecule has 0 spiro atoms. The fourth-order valence-electron chi connectivity index (χ4n) is 3.09.